The number of pyridine rings is 1. The minimum atomic E-state index is -0.203. The Kier molecular flexibility index (Phi) is 3.43. The molecule has 2 aromatic rings. The van der Waals surface area contributed by atoms with Gasteiger partial charge in [0.15, 0.2) is 0 Å². The van der Waals surface area contributed by atoms with E-state index in [9.17, 15) is 4.79 Å². The summed E-state index contributed by atoms with van der Waals surface area (Å²) in [6.07, 6.45) is 0. The number of nitrogens with one attached hydrogen (secondary N) is 1. The first-order valence-corrected chi connectivity index (χ1v) is 5.56. The van der Waals surface area contributed by atoms with Gasteiger partial charge in [-0.3, -0.25) is 4.79 Å². The van der Waals surface area contributed by atoms with Crippen LogP contribution in [0.2, 0.25) is 5.02 Å². The second kappa shape index (κ2) is 5.01. The summed E-state index contributed by atoms with van der Waals surface area (Å²) < 4.78 is 0. The molecule has 0 saturated carbocycles. The van der Waals surface area contributed by atoms with Crippen molar-refractivity contribution in [3.05, 3.63) is 45.2 Å². The van der Waals surface area contributed by atoms with E-state index in [4.69, 9.17) is 17.3 Å². The number of hydrogen-bond donors (Lipinski definition) is 2. The SMILES string of the molecule is C=NC(N)=NCc1cc2cc(Cl)ccc2[nH]c1=O. The van der Waals surface area contributed by atoms with Crippen molar-refractivity contribution in [1.29, 1.82) is 0 Å². The highest BCUT2D eigenvalue weighted by Crippen LogP contribution is 2.17. The lowest BCUT2D eigenvalue weighted by molar-refractivity contribution is 1.02. The summed E-state index contributed by atoms with van der Waals surface area (Å²) >= 11 is 5.90. The van der Waals surface area contributed by atoms with Gasteiger partial charge in [0.2, 0.25) is 5.96 Å². The maximum atomic E-state index is 11.8. The number of guanidine groups is 1. The van der Waals surface area contributed by atoms with Crippen molar-refractivity contribution in [3.63, 3.8) is 0 Å². The van der Waals surface area contributed by atoms with Crippen LogP contribution in [0.15, 0.2) is 39.0 Å². The summed E-state index contributed by atoms with van der Waals surface area (Å²) in [5.74, 6) is 0.0561. The number of rotatable bonds is 2. The molecule has 0 aliphatic heterocycles. The van der Waals surface area contributed by atoms with Crippen LogP contribution < -0.4 is 11.3 Å². The third kappa shape index (κ3) is 2.57. The zero-order chi connectivity index (χ0) is 13.1. The summed E-state index contributed by atoms with van der Waals surface area (Å²) in [5.41, 5.74) is 6.42. The van der Waals surface area contributed by atoms with Crippen LogP contribution in [0.3, 0.4) is 0 Å². The molecule has 1 aromatic heterocycles. The van der Waals surface area contributed by atoms with Crippen molar-refractivity contribution in [2.45, 2.75) is 6.54 Å². The second-order valence-corrected chi connectivity index (χ2v) is 4.12. The van der Waals surface area contributed by atoms with E-state index in [1.807, 2.05) is 0 Å². The largest absolute Gasteiger partial charge is 0.368 e. The van der Waals surface area contributed by atoms with Gasteiger partial charge in [0.25, 0.3) is 5.56 Å². The maximum Gasteiger partial charge on any atom is 0.253 e. The molecule has 0 spiro atoms. The van der Waals surface area contributed by atoms with E-state index in [-0.39, 0.29) is 18.1 Å². The highest BCUT2D eigenvalue weighted by atomic mass is 35.5. The first-order valence-electron chi connectivity index (χ1n) is 5.18. The number of aromatic nitrogens is 1. The van der Waals surface area contributed by atoms with E-state index in [0.29, 0.717) is 10.6 Å². The third-order valence-corrected chi connectivity index (χ3v) is 2.69. The fourth-order valence-electron chi connectivity index (χ4n) is 1.56. The Morgan fingerprint density at radius 3 is 2.94 bits per heavy atom. The third-order valence-electron chi connectivity index (χ3n) is 2.46. The van der Waals surface area contributed by atoms with Crippen LogP contribution in [-0.2, 0) is 6.54 Å². The normalized spacial score (nSPS) is 11.7. The van der Waals surface area contributed by atoms with Crippen LogP contribution in [0.1, 0.15) is 5.56 Å². The Bertz CT molecular complexity index is 690. The molecule has 0 atom stereocenters. The molecule has 5 nitrogen and oxygen atoms in total. The Hall–Kier alpha value is -2.14. The lowest BCUT2D eigenvalue weighted by Crippen LogP contribution is -2.14. The fraction of sp³-hybridized carbons (Fsp3) is 0.0833. The van der Waals surface area contributed by atoms with Gasteiger partial charge >= 0.3 is 0 Å². The number of halogens is 1. The molecule has 0 saturated heterocycles. The molecule has 0 amide bonds. The molecule has 3 N–H and O–H groups in total. The van der Waals surface area contributed by atoms with Gasteiger partial charge in [-0.05, 0) is 31.0 Å². The molecule has 0 aliphatic carbocycles. The molecule has 0 fully saturated rings. The summed E-state index contributed by atoms with van der Waals surface area (Å²) in [7, 11) is 0. The summed E-state index contributed by atoms with van der Waals surface area (Å²) in [4.78, 5) is 21.9. The van der Waals surface area contributed by atoms with Crippen molar-refractivity contribution < 1.29 is 0 Å². The number of aliphatic imine (C=N–C) groups is 2. The van der Waals surface area contributed by atoms with Crippen LogP contribution in [0.4, 0.5) is 0 Å². The molecule has 18 heavy (non-hydrogen) atoms. The van der Waals surface area contributed by atoms with Crippen LogP contribution in [0.5, 0.6) is 0 Å². The minimum Gasteiger partial charge on any atom is -0.368 e. The van der Waals surface area contributed by atoms with E-state index in [2.05, 4.69) is 21.7 Å². The molecule has 92 valence electrons. The second-order valence-electron chi connectivity index (χ2n) is 3.69. The predicted molar refractivity (Wildman–Crippen MR) is 74.5 cm³/mol. The Morgan fingerprint density at radius 1 is 1.44 bits per heavy atom. The Labute approximate surface area is 108 Å². The zero-order valence-corrected chi connectivity index (χ0v) is 10.2. The van der Waals surface area contributed by atoms with Crippen LogP contribution in [0.25, 0.3) is 10.9 Å². The Balaban J connectivity index is 2.48. The Morgan fingerprint density at radius 2 is 2.22 bits per heavy atom. The lowest BCUT2D eigenvalue weighted by atomic mass is 10.1. The van der Waals surface area contributed by atoms with E-state index in [1.54, 1.807) is 24.3 Å². The number of nitrogens with two attached hydrogens (primary N) is 1. The van der Waals surface area contributed by atoms with Crippen LogP contribution in [0, 0.1) is 0 Å². The highest BCUT2D eigenvalue weighted by Gasteiger charge is 2.03. The number of H-pyrrole nitrogens is 1. The molecular formula is C12H11ClN4O. The minimum absolute atomic E-state index is 0.0561. The molecular weight excluding hydrogens is 252 g/mol. The molecule has 2 rings (SSSR count). The van der Waals surface area contributed by atoms with Crippen molar-refractivity contribution in [2.24, 2.45) is 15.7 Å². The number of fused-ring (bicyclic) bond motifs is 1. The quantitative estimate of drug-likeness (QED) is 0.638. The van der Waals surface area contributed by atoms with Gasteiger partial charge in [0, 0.05) is 21.5 Å². The fourth-order valence-corrected chi connectivity index (χ4v) is 1.74. The van der Waals surface area contributed by atoms with Crippen molar-refractivity contribution in [1.82, 2.24) is 4.98 Å². The predicted octanol–water partition coefficient (Wildman–Crippen LogP) is 1.70. The van der Waals surface area contributed by atoms with Crippen molar-refractivity contribution in [2.75, 3.05) is 0 Å². The van der Waals surface area contributed by atoms with E-state index >= 15 is 0 Å². The van der Waals surface area contributed by atoms with E-state index < -0.39 is 0 Å². The van der Waals surface area contributed by atoms with Gasteiger partial charge in [-0.2, -0.15) is 0 Å². The number of hydrogen-bond acceptors (Lipinski definition) is 2. The zero-order valence-electron chi connectivity index (χ0n) is 9.48. The van der Waals surface area contributed by atoms with E-state index in [1.165, 1.54) is 0 Å². The summed E-state index contributed by atoms with van der Waals surface area (Å²) in [5, 5.41) is 1.45. The lowest BCUT2D eigenvalue weighted by Gasteiger charge is -2.01. The van der Waals surface area contributed by atoms with Crippen LogP contribution >= 0.6 is 11.6 Å². The molecule has 6 heteroatoms. The van der Waals surface area contributed by atoms with E-state index in [0.717, 1.165) is 10.9 Å². The number of aromatic amines is 1. The summed E-state index contributed by atoms with van der Waals surface area (Å²) in [6.45, 7) is 3.40. The summed E-state index contributed by atoms with van der Waals surface area (Å²) in [6, 6.07) is 6.98. The van der Waals surface area contributed by atoms with Crippen molar-refractivity contribution in [3.8, 4) is 0 Å². The molecule has 0 radical (unpaired) electrons. The molecule has 1 aromatic carbocycles. The first-order chi connectivity index (χ1) is 8.60. The van der Waals surface area contributed by atoms with Crippen molar-refractivity contribution >= 4 is 35.2 Å². The van der Waals surface area contributed by atoms with Gasteiger partial charge in [0.05, 0.1) is 6.54 Å². The van der Waals surface area contributed by atoms with Crippen LogP contribution in [-0.4, -0.2) is 17.7 Å². The van der Waals surface area contributed by atoms with Gasteiger partial charge in [-0.15, -0.1) is 0 Å². The average Bonchev–Trinajstić information content (AvgIpc) is 2.36. The molecule has 1 heterocycles. The van der Waals surface area contributed by atoms with Gasteiger partial charge in [0.1, 0.15) is 0 Å². The number of nitrogens with zero attached hydrogens (tertiary/aromatic N) is 2. The smallest absolute Gasteiger partial charge is 0.253 e. The molecule has 0 aliphatic rings. The molecule has 0 bridgehead atoms. The maximum absolute atomic E-state index is 11.8. The average molecular weight is 263 g/mol. The standard InChI is InChI=1S/C12H11ClN4O/c1-15-12(14)16-6-8-4-7-5-9(13)2-3-10(7)17-11(8)18/h2-5H,1,6H2,(H2,14,16)(H,17,18). The van der Waals surface area contributed by atoms with Gasteiger partial charge < -0.3 is 10.7 Å². The highest BCUT2D eigenvalue weighted by molar-refractivity contribution is 6.31. The molecule has 0 unspecified atom stereocenters. The van der Waals surface area contributed by atoms with Gasteiger partial charge in [-0.1, -0.05) is 11.6 Å². The van der Waals surface area contributed by atoms with Gasteiger partial charge in [-0.25, -0.2) is 9.98 Å². The topological polar surface area (TPSA) is 83.6 Å². The number of benzene rings is 1. The monoisotopic (exact) mass is 262 g/mol. The first kappa shape index (κ1) is 12.3.